The molecule has 0 saturated carbocycles. The number of aliphatic carboxylic acids is 1. The minimum absolute atomic E-state index is 0.226. The van der Waals surface area contributed by atoms with Crippen molar-refractivity contribution in [1.82, 2.24) is 15.1 Å². The van der Waals surface area contributed by atoms with E-state index in [9.17, 15) is 23.2 Å². The molecule has 0 fully saturated rings. The molecule has 1 atom stereocenters. The number of H-pyrrole nitrogens is 1. The van der Waals surface area contributed by atoms with Crippen molar-refractivity contribution in [3.8, 4) is 5.69 Å². The lowest BCUT2D eigenvalue weighted by molar-refractivity contribution is -0.137. The fraction of sp³-hybridized carbons (Fsp3) is 0.105. The Kier molecular flexibility index (Phi) is 5.79. The summed E-state index contributed by atoms with van der Waals surface area (Å²) < 4.78 is 27.8. The third kappa shape index (κ3) is 4.69. The molecule has 0 radical (unpaired) electrons. The summed E-state index contributed by atoms with van der Waals surface area (Å²) in [7, 11) is 0. The first kappa shape index (κ1) is 20.3. The van der Waals surface area contributed by atoms with Crippen molar-refractivity contribution >= 4 is 23.5 Å². The number of carbonyl (C=O) groups is 2. The average molecular weight is 422 g/mol. The molecule has 3 rings (SSSR count). The van der Waals surface area contributed by atoms with Gasteiger partial charge in [-0.05, 0) is 29.8 Å². The van der Waals surface area contributed by atoms with Gasteiger partial charge in [-0.15, -0.1) is 0 Å². The van der Waals surface area contributed by atoms with Gasteiger partial charge in [0.1, 0.15) is 17.2 Å². The van der Waals surface area contributed by atoms with Gasteiger partial charge in [0.2, 0.25) is 0 Å². The van der Waals surface area contributed by atoms with Crippen LogP contribution in [0.25, 0.3) is 5.69 Å². The van der Waals surface area contributed by atoms with E-state index in [1.807, 2.05) is 0 Å². The smallest absolute Gasteiger partial charge is 0.305 e. The van der Waals surface area contributed by atoms with Crippen LogP contribution in [-0.4, -0.2) is 26.8 Å². The van der Waals surface area contributed by atoms with Crippen molar-refractivity contribution in [3.05, 3.63) is 86.8 Å². The van der Waals surface area contributed by atoms with Gasteiger partial charge >= 0.3 is 5.97 Å². The van der Waals surface area contributed by atoms with Crippen molar-refractivity contribution in [2.45, 2.75) is 12.5 Å². The Morgan fingerprint density at radius 3 is 2.59 bits per heavy atom. The Balaban J connectivity index is 1.89. The zero-order chi connectivity index (χ0) is 21.1. The molecule has 0 aliphatic heterocycles. The molecule has 7 nitrogen and oxygen atoms in total. The van der Waals surface area contributed by atoms with Gasteiger partial charge in [-0.25, -0.2) is 13.5 Å². The third-order valence-electron chi connectivity index (χ3n) is 4.05. The number of hydrogen-bond donors (Lipinski definition) is 3. The van der Waals surface area contributed by atoms with E-state index in [0.717, 1.165) is 22.9 Å². The number of nitrogens with zero attached hydrogens (tertiary/aromatic N) is 1. The van der Waals surface area contributed by atoms with Crippen molar-refractivity contribution in [2.75, 3.05) is 0 Å². The summed E-state index contributed by atoms with van der Waals surface area (Å²) in [6.07, 6.45) is -0.427. The summed E-state index contributed by atoms with van der Waals surface area (Å²) >= 11 is 5.92. The number of carbonyl (C=O) groups excluding carboxylic acids is 1. The fourth-order valence-electron chi connectivity index (χ4n) is 2.74. The maximum absolute atomic E-state index is 13.9. The fourth-order valence-corrected chi connectivity index (χ4v) is 2.94. The predicted octanol–water partition coefficient (Wildman–Crippen LogP) is 3.04. The highest BCUT2D eigenvalue weighted by molar-refractivity contribution is 6.30. The molecular formula is C19H14ClF2N3O4. The second-order valence-corrected chi connectivity index (χ2v) is 6.55. The molecule has 10 heteroatoms. The standard InChI is InChI=1S/C19H14ClF2N3O4/c20-11-3-1-2-10(6-11)14(9-18(27)28)23-19(29)15-8-17(26)25(24-15)16-5-4-12(21)7-13(16)22/h1-8,14,24H,9H2,(H,23,29)(H,27,28)/t14-/m0/s1. The number of rotatable bonds is 6. The Hall–Kier alpha value is -3.46. The maximum atomic E-state index is 13.9. The average Bonchev–Trinajstić information content (AvgIpc) is 3.02. The highest BCUT2D eigenvalue weighted by Crippen LogP contribution is 2.21. The Bertz CT molecular complexity index is 1140. The summed E-state index contributed by atoms with van der Waals surface area (Å²) in [6.45, 7) is 0. The predicted molar refractivity (Wildman–Crippen MR) is 100 cm³/mol. The van der Waals surface area contributed by atoms with Gasteiger partial charge in [0.15, 0.2) is 5.82 Å². The van der Waals surface area contributed by atoms with Crippen LogP contribution in [0.1, 0.15) is 28.5 Å². The molecule has 0 saturated heterocycles. The SMILES string of the molecule is O=C(O)C[C@H](NC(=O)c1cc(=O)n(-c2ccc(F)cc2F)[nH]1)c1cccc(Cl)c1. The number of hydrogen-bond acceptors (Lipinski definition) is 3. The molecule has 1 heterocycles. The van der Waals surface area contributed by atoms with Crippen molar-refractivity contribution in [2.24, 2.45) is 0 Å². The molecule has 2 aromatic carbocycles. The van der Waals surface area contributed by atoms with Crippen LogP contribution in [-0.2, 0) is 4.79 Å². The largest absolute Gasteiger partial charge is 0.481 e. The number of halogens is 3. The van der Waals surface area contributed by atoms with Gasteiger partial charge < -0.3 is 10.4 Å². The van der Waals surface area contributed by atoms with Crippen LogP contribution in [0.15, 0.2) is 53.3 Å². The number of nitrogens with one attached hydrogen (secondary N) is 2. The lowest BCUT2D eigenvalue weighted by Crippen LogP contribution is -2.30. The van der Waals surface area contributed by atoms with Crippen LogP contribution in [0.5, 0.6) is 0 Å². The highest BCUT2D eigenvalue weighted by Gasteiger charge is 2.21. The summed E-state index contributed by atoms with van der Waals surface area (Å²) in [6, 6.07) is 8.93. The first-order chi connectivity index (χ1) is 13.7. The van der Waals surface area contributed by atoms with E-state index in [1.54, 1.807) is 18.2 Å². The van der Waals surface area contributed by atoms with Crippen molar-refractivity contribution < 1.29 is 23.5 Å². The number of carboxylic acids is 1. The Labute approximate surface area is 167 Å². The summed E-state index contributed by atoms with van der Waals surface area (Å²) in [5.74, 6) is -3.75. The second-order valence-electron chi connectivity index (χ2n) is 6.12. The number of amides is 1. The zero-order valence-corrected chi connectivity index (χ0v) is 15.4. The third-order valence-corrected chi connectivity index (χ3v) is 4.29. The van der Waals surface area contributed by atoms with Crippen LogP contribution in [0, 0.1) is 11.6 Å². The molecule has 1 amide bonds. The topological polar surface area (TPSA) is 104 Å². The van der Waals surface area contributed by atoms with Gasteiger partial charge in [0, 0.05) is 17.2 Å². The van der Waals surface area contributed by atoms with Crippen molar-refractivity contribution in [1.29, 1.82) is 0 Å². The van der Waals surface area contributed by atoms with E-state index in [2.05, 4.69) is 10.4 Å². The van der Waals surface area contributed by atoms with Gasteiger partial charge in [-0.1, -0.05) is 23.7 Å². The van der Waals surface area contributed by atoms with Crippen LogP contribution in [0.3, 0.4) is 0 Å². The van der Waals surface area contributed by atoms with Gasteiger partial charge in [0.05, 0.1) is 12.5 Å². The Morgan fingerprint density at radius 1 is 1.17 bits per heavy atom. The monoisotopic (exact) mass is 421 g/mol. The number of aromatic amines is 1. The molecule has 29 heavy (non-hydrogen) atoms. The van der Waals surface area contributed by atoms with Crippen LogP contribution >= 0.6 is 11.6 Å². The Morgan fingerprint density at radius 2 is 1.93 bits per heavy atom. The lowest BCUT2D eigenvalue weighted by Gasteiger charge is -2.17. The van der Waals surface area contributed by atoms with E-state index in [-0.39, 0.29) is 11.4 Å². The molecule has 150 valence electrons. The van der Waals surface area contributed by atoms with E-state index >= 15 is 0 Å². The van der Waals surface area contributed by atoms with Gasteiger partial charge in [-0.2, -0.15) is 0 Å². The number of aromatic nitrogens is 2. The normalized spacial score (nSPS) is 11.8. The quantitative estimate of drug-likeness (QED) is 0.569. The van der Waals surface area contributed by atoms with Crippen LogP contribution in [0.4, 0.5) is 8.78 Å². The molecule has 3 N–H and O–H groups in total. The van der Waals surface area contributed by atoms with Crippen LogP contribution in [0.2, 0.25) is 5.02 Å². The number of benzene rings is 2. The van der Waals surface area contributed by atoms with Gasteiger partial charge in [-0.3, -0.25) is 19.5 Å². The minimum Gasteiger partial charge on any atom is -0.481 e. The molecule has 1 aromatic heterocycles. The maximum Gasteiger partial charge on any atom is 0.305 e. The van der Waals surface area contributed by atoms with E-state index < -0.39 is 41.5 Å². The summed E-state index contributed by atoms with van der Waals surface area (Å²) in [5.41, 5.74) is -0.790. The molecule has 3 aromatic rings. The molecular weight excluding hydrogens is 408 g/mol. The summed E-state index contributed by atoms with van der Waals surface area (Å²) in [5, 5.41) is 14.4. The van der Waals surface area contributed by atoms with Crippen LogP contribution < -0.4 is 10.9 Å². The van der Waals surface area contributed by atoms with E-state index in [0.29, 0.717) is 16.7 Å². The highest BCUT2D eigenvalue weighted by atomic mass is 35.5. The number of carboxylic acid groups (broad SMARTS) is 1. The zero-order valence-electron chi connectivity index (χ0n) is 14.7. The van der Waals surface area contributed by atoms with Crippen molar-refractivity contribution in [3.63, 3.8) is 0 Å². The molecule has 0 aliphatic rings. The first-order valence-corrected chi connectivity index (χ1v) is 8.68. The molecule has 0 bridgehead atoms. The second kappa shape index (κ2) is 8.27. The summed E-state index contributed by atoms with van der Waals surface area (Å²) in [4.78, 5) is 35.9. The van der Waals surface area contributed by atoms with Gasteiger partial charge in [0.25, 0.3) is 11.5 Å². The molecule has 0 unspecified atom stereocenters. The first-order valence-electron chi connectivity index (χ1n) is 8.30. The lowest BCUT2D eigenvalue weighted by atomic mass is 10.0. The van der Waals surface area contributed by atoms with E-state index in [4.69, 9.17) is 16.7 Å². The molecule has 0 aliphatic carbocycles. The van der Waals surface area contributed by atoms with E-state index in [1.165, 1.54) is 6.07 Å². The molecule has 0 spiro atoms. The minimum atomic E-state index is -1.16.